The van der Waals surface area contributed by atoms with E-state index in [2.05, 4.69) is 23.6 Å². The van der Waals surface area contributed by atoms with Crippen molar-refractivity contribution < 1.29 is 28.9 Å². The fourth-order valence-electron chi connectivity index (χ4n) is 6.47. The third-order valence-electron chi connectivity index (χ3n) is 9.03. The van der Waals surface area contributed by atoms with Crippen LogP contribution in [0.25, 0.3) is 0 Å². The summed E-state index contributed by atoms with van der Waals surface area (Å²) >= 11 is 6.39. The normalized spacial score (nSPS) is 19.7. The van der Waals surface area contributed by atoms with Crippen molar-refractivity contribution >= 4 is 29.2 Å². The number of fused-ring (bicyclic) bond motifs is 3. The molecule has 0 aromatic heterocycles. The number of nitrogens with zero attached hydrogens (tertiary/aromatic N) is 1. The van der Waals surface area contributed by atoms with E-state index >= 15 is 0 Å². The van der Waals surface area contributed by atoms with Crippen LogP contribution in [0.15, 0.2) is 49.1 Å². The van der Waals surface area contributed by atoms with Crippen molar-refractivity contribution in [2.24, 2.45) is 5.92 Å². The lowest BCUT2D eigenvalue weighted by Crippen LogP contribution is -2.47. The molecular weight excluding hydrogens is 566 g/mol. The number of anilines is 1. The standard InChI is InChI=1S/C35H46ClNO6/c1-5-7-9-10-11-19-37-23-34(18-12-13-26-21-28(36)15-16-29(26)34)24-43-31-17-14-27(22-30(31)37)35(40,33(39)41-4)25(3)32(38)42-20-8-6-2/h5,14-17,21-22,25,40H,1,6-13,18-20,23-24H2,2-4H3/t25-,34-,35+/m0/s1. The number of allylic oxidation sites excluding steroid dienone is 1. The molecule has 0 unspecified atom stereocenters. The van der Waals surface area contributed by atoms with Crippen LogP contribution in [-0.4, -0.2) is 50.5 Å². The molecule has 0 saturated carbocycles. The van der Waals surface area contributed by atoms with E-state index in [1.807, 2.05) is 19.1 Å². The van der Waals surface area contributed by atoms with Crippen LogP contribution in [0.1, 0.15) is 81.9 Å². The molecule has 8 heteroatoms. The predicted octanol–water partition coefficient (Wildman–Crippen LogP) is 6.90. The summed E-state index contributed by atoms with van der Waals surface area (Å²) < 4.78 is 17.0. The Kier molecular flexibility index (Phi) is 11.2. The highest BCUT2D eigenvalue weighted by atomic mass is 35.5. The molecule has 1 heterocycles. The summed E-state index contributed by atoms with van der Waals surface area (Å²) in [6, 6.07) is 11.4. The molecule has 234 valence electrons. The zero-order valence-corrected chi connectivity index (χ0v) is 26.6. The fourth-order valence-corrected chi connectivity index (χ4v) is 6.66. The van der Waals surface area contributed by atoms with Gasteiger partial charge in [-0.15, -0.1) is 6.58 Å². The van der Waals surface area contributed by atoms with Gasteiger partial charge < -0.3 is 24.2 Å². The van der Waals surface area contributed by atoms with Crippen molar-refractivity contribution in [3.05, 3.63) is 70.8 Å². The number of aliphatic hydroxyl groups is 1. The van der Waals surface area contributed by atoms with E-state index in [-0.39, 0.29) is 17.6 Å². The van der Waals surface area contributed by atoms with Crippen LogP contribution in [0, 0.1) is 5.92 Å². The summed E-state index contributed by atoms with van der Waals surface area (Å²) in [6.07, 6.45) is 10.5. The number of methoxy groups -OCH3 is 1. The van der Waals surface area contributed by atoms with E-state index in [0.29, 0.717) is 25.3 Å². The van der Waals surface area contributed by atoms with Crippen LogP contribution in [-0.2, 0) is 36.5 Å². The van der Waals surface area contributed by atoms with E-state index in [1.165, 1.54) is 25.2 Å². The van der Waals surface area contributed by atoms with Crippen molar-refractivity contribution in [3.8, 4) is 5.75 Å². The second kappa shape index (κ2) is 14.6. The Bertz CT molecular complexity index is 1300. The smallest absolute Gasteiger partial charge is 0.343 e. The van der Waals surface area contributed by atoms with Gasteiger partial charge in [0.1, 0.15) is 5.75 Å². The number of hydrogen-bond acceptors (Lipinski definition) is 7. The number of carbonyl (C=O) groups excluding carboxylic acids is 2. The fraction of sp³-hybridized carbons (Fsp3) is 0.543. The van der Waals surface area contributed by atoms with Gasteiger partial charge in [0.2, 0.25) is 5.60 Å². The van der Waals surface area contributed by atoms with Gasteiger partial charge >= 0.3 is 11.9 Å². The average Bonchev–Trinajstić information content (AvgIpc) is 3.16. The lowest BCUT2D eigenvalue weighted by atomic mass is 9.70. The summed E-state index contributed by atoms with van der Waals surface area (Å²) in [5.41, 5.74) is 1.10. The highest BCUT2D eigenvalue weighted by Gasteiger charge is 2.50. The Hall–Kier alpha value is -3.03. The van der Waals surface area contributed by atoms with E-state index in [4.69, 9.17) is 25.8 Å². The molecule has 0 fully saturated rings. The molecule has 1 N–H and O–H groups in total. The lowest BCUT2D eigenvalue weighted by molar-refractivity contribution is -0.180. The van der Waals surface area contributed by atoms with Crippen LogP contribution in [0.4, 0.5) is 5.69 Å². The maximum absolute atomic E-state index is 13.2. The molecule has 1 aliphatic carbocycles. The van der Waals surface area contributed by atoms with Gasteiger partial charge in [0.15, 0.2) is 0 Å². The number of aryl methyl sites for hydroxylation is 1. The number of ether oxygens (including phenoxy) is 3. The number of hydrogen-bond donors (Lipinski definition) is 1. The molecule has 0 saturated heterocycles. The molecule has 43 heavy (non-hydrogen) atoms. The SMILES string of the molecule is C=CCCCCCN1C[C@@]2(CCCc3cc(Cl)ccc32)COc2ccc([C@@](O)(C(=O)OC)[C@@H](C)C(=O)OCCCC)cc21. The second-order valence-electron chi connectivity index (χ2n) is 12.0. The average molecular weight is 612 g/mol. The van der Waals surface area contributed by atoms with Crippen LogP contribution >= 0.6 is 11.6 Å². The molecule has 0 amide bonds. The Morgan fingerprint density at radius 3 is 2.77 bits per heavy atom. The summed E-state index contributed by atoms with van der Waals surface area (Å²) in [5, 5.41) is 12.7. The third kappa shape index (κ3) is 7.04. The number of halogens is 1. The van der Waals surface area contributed by atoms with Crippen LogP contribution < -0.4 is 9.64 Å². The van der Waals surface area contributed by atoms with Crippen LogP contribution in [0.3, 0.4) is 0 Å². The van der Waals surface area contributed by atoms with Crippen molar-refractivity contribution in [2.45, 2.75) is 82.7 Å². The molecule has 7 nitrogen and oxygen atoms in total. The first-order valence-electron chi connectivity index (χ1n) is 15.6. The molecular formula is C35H46ClNO6. The summed E-state index contributed by atoms with van der Waals surface area (Å²) in [7, 11) is 1.21. The zero-order chi connectivity index (χ0) is 31.0. The van der Waals surface area contributed by atoms with E-state index in [9.17, 15) is 14.7 Å². The van der Waals surface area contributed by atoms with E-state index < -0.39 is 23.5 Å². The quantitative estimate of drug-likeness (QED) is 0.150. The monoisotopic (exact) mass is 611 g/mol. The molecule has 3 atom stereocenters. The topological polar surface area (TPSA) is 85.3 Å². The van der Waals surface area contributed by atoms with Gasteiger partial charge in [0.25, 0.3) is 0 Å². The van der Waals surface area contributed by atoms with Gasteiger partial charge in [-0.2, -0.15) is 0 Å². The number of carbonyl (C=O) groups is 2. The molecule has 2 aromatic carbocycles. The summed E-state index contributed by atoms with van der Waals surface area (Å²) in [5.74, 6) is -2.07. The van der Waals surface area contributed by atoms with Crippen molar-refractivity contribution in [3.63, 3.8) is 0 Å². The highest BCUT2D eigenvalue weighted by molar-refractivity contribution is 6.30. The molecule has 2 aliphatic rings. The van der Waals surface area contributed by atoms with Crippen LogP contribution in [0.5, 0.6) is 5.75 Å². The largest absolute Gasteiger partial charge is 0.490 e. The maximum atomic E-state index is 13.2. The predicted molar refractivity (Wildman–Crippen MR) is 170 cm³/mol. The first-order chi connectivity index (χ1) is 20.7. The molecule has 0 radical (unpaired) electrons. The summed E-state index contributed by atoms with van der Waals surface area (Å²) in [4.78, 5) is 28.5. The van der Waals surface area contributed by atoms with Gasteiger partial charge in [-0.25, -0.2) is 4.79 Å². The minimum atomic E-state index is -2.24. The first-order valence-corrected chi connectivity index (χ1v) is 16.0. The van der Waals surface area contributed by atoms with Crippen LogP contribution in [0.2, 0.25) is 5.02 Å². The van der Waals surface area contributed by atoms with Gasteiger partial charge in [0, 0.05) is 23.5 Å². The number of benzene rings is 2. The Morgan fingerprint density at radius 1 is 1.21 bits per heavy atom. The van der Waals surface area contributed by atoms with Gasteiger partial charge in [-0.3, -0.25) is 4.79 Å². The van der Waals surface area contributed by atoms with Gasteiger partial charge in [-0.05, 0) is 92.8 Å². The van der Waals surface area contributed by atoms with E-state index in [1.54, 1.807) is 18.2 Å². The number of rotatable bonds is 13. The minimum Gasteiger partial charge on any atom is -0.490 e. The summed E-state index contributed by atoms with van der Waals surface area (Å²) in [6.45, 7) is 9.56. The zero-order valence-electron chi connectivity index (χ0n) is 25.8. The van der Waals surface area contributed by atoms with E-state index in [0.717, 1.165) is 68.6 Å². The third-order valence-corrected chi connectivity index (χ3v) is 9.27. The first kappa shape index (κ1) is 32.9. The maximum Gasteiger partial charge on any atom is 0.343 e. The van der Waals surface area contributed by atoms with Gasteiger partial charge in [-0.1, -0.05) is 49.6 Å². The molecule has 4 rings (SSSR count). The number of unbranched alkanes of at least 4 members (excludes halogenated alkanes) is 4. The van der Waals surface area contributed by atoms with Crippen molar-refractivity contribution in [1.82, 2.24) is 0 Å². The van der Waals surface area contributed by atoms with Gasteiger partial charge in [0.05, 0.1) is 31.9 Å². The molecule has 2 aromatic rings. The highest BCUT2D eigenvalue weighted by Crippen LogP contribution is 2.46. The molecule has 1 aliphatic heterocycles. The lowest BCUT2D eigenvalue weighted by Gasteiger charge is -2.41. The second-order valence-corrected chi connectivity index (χ2v) is 12.4. The van der Waals surface area contributed by atoms with Crippen molar-refractivity contribution in [2.75, 3.05) is 38.3 Å². The Balaban J connectivity index is 1.74. The molecule has 1 spiro atoms. The Morgan fingerprint density at radius 2 is 2.02 bits per heavy atom. The molecule has 0 bridgehead atoms. The van der Waals surface area contributed by atoms with Crippen molar-refractivity contribution in [1.29, 1.82) is 0 Å². The number of esters is 2. The minimum absolute atomic E-state index is 0.226. The Labute approximate surface area is 261 Å².